The van der Waals surface area contributed by atoms with Crippen LogP contribution >= 0.6 is 0 Å². The molecular weight excluding hydrogens is 497 g/mol. The highest BCUT2D eigenvalue weighted by molar-refractivity contribution is 6.01. The molecule has 4 aromatic rings. The summed E-state index contributed by atoms with van der Waals surface area (Å²) in [7, 11) is 0. The Morgan fingerprint density at radius 1 is 0.658 bits per heavy atom. The average molecular weight is 519 g/mol. The molecule has 0 saturated heterocycles. The number of nitro groups is 1. The molecule has 4 amide bonds. The highest BCUT2D eigenvalue weighted by Crippen LogP contribution is 2.28. The van der Waals surface area contributed by atoms with Crippen LogP contribution in [-0.2, 0) is 0 Å². The first-order valence-electron chi connectivity index (χ1n) is 10.9. The van der Waals surface area contributed by atoms with E-state index < -0.39 is 22.8 Å². The molecule has 0 spiro atoms. The van der Waals surface area contributed by atoms with Crippen molar-refractivity contribution in [2.24, 2.45) is 0 Å². The van der Waals surface area contributed by atoms with E-state index in [-0.39, 0.29) is 28.6 Å². The molecule has 38 heavy (non-hydrogen) atoms. The van der Waals surface area contributed by atoms with Crippen molar-refractivity contribution in [3.05, 3.63) is 113 Å². The third-order valence-corrected chi connectivity index (χ3v) is 4.71. The molecule has 0 unspecified atom stereocenters. The van der Waals surface area contributed by atoms with E-state index in [1.165, 1.54) is 6.07 Å². The van der Waals surface area contributed by atoms with Gasteiger partial charge in [-0.2, -0.15) is 0 Å². The minimum Gasteiger partial charge on any atom is -0.506 e. The van der Waals surface area contributed by atoms with E-state index in [1.54, 1.807) is 54.6 Å². The van der Waals surface area contributed by atoms with Crippen LogP contribution in [0.2, 0.25) is 0 Å². The first-order chi connectivity index (χ1) is 18.2. The summed E-state index contributed by atoms with van der Waals surface area (Å²) in [5, 5.41) is 39.5. The molecule has 0 radical (unpaired) electrons. The molecule has 0 saturated carbocycles. The number of aromatic hydroxyl groups is 2. The van der Waals surface area contributed by atoms with Crippen molar-refractivity contribution < 1.29 is 29.1 Å². The Balaban J connectivity index is 0.000000212. The van der Waals surface area contributed by atoms with Crippen molar-refractivity contribution in [2.45, 2.75) is 0 Å². The number of nitro benzene ring substituents is 1. The van der Waals surface area contributed by atoms with Crippen LogP contribution in [0.15, 0.2) is 97.1 Å². The second-order valence-electron chi connectivity index (χ2n) is 7.51. The Kier molecular flexibility index (Phi) is 9.13. The first kappa shape index (κ1) is 26.9. The molecule has 0 heterocycles. The van der Waals surface area contributed by atoms with Gasteiger partial charge in [-0.1, -0.05) is 36.4 Å². The van der Waals surface area contributed by atoms with Gasteiger partial charge in [-0.25, -0.2) is 14.0 Å². The van der Waals surface area contributed by atoms with Gasteiger partial charge >= 0.3 is 12.1 Å². The number of carbonyl (C=O) groups excluding carboxylic acids is 2. The second-order valence-corrected chi connectivity index (χ2v) is 7.51. The van der Waals surface area contributed by atoms with Gasteiger partial charge in [0.15, 0.2) is 0 Å². The molecule has 0 aliphatic rings. The molecule has 6 N–H and O–H groups in total. The Bertz CT molecular complexity index is 1420. The van der Waals surface area contributed by atoms with Crippen molar-refractivity contribution in [3.8, 4) is 11.5 Å². The summed E-state index contributed by atoms with van der Waals surface area (Å²) in [5.41, 5.74) is 1.07. The van der Waals surface area contributed by atoms with Crippen molar-refractivity contribution in [2.75, 3.05) is 21.3 Å². The van der Waals surface area contributed by atoms with Crippen molar-refractivity contribution in [1.82, 2.24) is 0 Å². The summed E-state index contributed by atoms with van der Waals surface area (Å²) < 4.78 is 12.7. The van der Waals surface area contributed by atoms with Crippen LogP contribution in [0.25, 0.3) is 0 Å². The van der Waals surface area contributed by atoms with E-state index in [9.17, 15) is 34.3 Å². The zero-order valence-corrected chi connectivity index (χ0v) is 19.6. The largest absolute Gasteiger partial charge is 0.506 e. The van der Waals surface area contributed by atoms with E-state index in [1.807, 2.05) is 6.07 Å². The zero-order chi connectivity index (χ0) is 27.5. The highest BCUT2D eigenvalue weighted by Gasteiger charge is 2.12. The van der Waals surface area contributed by atoms with Crippen LogP contribution < -0.4 is 21.3 Å². The van der Waals surface area contributed by atoms with Crippen LogP contribution in [0.5, 0.6) is 11.5 Å². The summed E-state index contributed by atoms with van der Waals surface area (Å²) in [6.07, 6.45) is 0. The molecule has 0 fully saturated rings. The number of phenols is 2. The van der Waals surface area contributed by atoms with Crippen LogP contribution in [-0.4, -0.2) is 27.2 Å². The van der Waals surface area contributed by atoms with Crippen molar-refractivity contribution >= 4 is 40.5 Å². The fourth-order valence-electron chi connectivity index (χ4n) is 2.96. The molecule has 4 aromatic carbocycles. The number of hydrogen-bond donors (Lipinski definition) is 6. The fourth-order valence-corrected chi connectivity index (χ4v) is 2.96. The van der Waals surface area contributed by atoms with Crippen molar-refractivity contribution in [3.63, 3.8) is 0 Å². The summed E-state index contributed by atoms with van der Waals surface area (Å²) in [4.78, 5) is 33.3. The molecule has 4 rings (SSSR count). The number of urea groups is 2. The number of para-hydroxylation sites is 2. The number of carbonyl (C=O) groups is 2. The maximum Gasteiger partial charge on any atom is 0.323 e. The Morgan fingerprint density at radius 3 is 1.68 bits per heavy atom. The van der Waals surface area contributed by atoms with Crippen LogP contribution in [0.4, 0.5) is 42.4 Å². The number of phenolic OH excluding ortho intramolecular Hbond substituents is 2. The lowest BCUT2D eigenvalue weighted by Crippen LogP contribution is -2.19. The molecule has 0 aliphatic heterocycles. The standard InChI is InChI=1S/C13H11FN2O2.C13H11N3O4/c14-9-6-7-11(12(17)8-9)16-13(18)15-10-4-2-1-3-5-10;17-12-7-6-10(16(19)20)8-11(12)15-13(18)14-9-4-2-1-3-5-9/h1-8,17H,(H2,15,16,18);1-8,17H,(H2,14,15,18). The van der Waals surface area contributed by atoms with Crippen LogP contribution in [0.1, 0.15) is 0 Å². The van der Waals surface area contributed by atoms with E-state index in [2.05, 4.69) is 21.3 Å². The topological polar surface area (TPSA) is 166 Å². The Labute approximate surface area is 215 Å². The van der Waals surface area contributed by atoms with E-state index in [0.29, 0.717) is 11.4 Å². The van der Waals surface area contributed by atoms with Crippen LogP contribution in [0.3, 0.4) is 0 Å². The molecule has 12 heteroatoms. The summed E-state index contributed by atoms with van der Waals surface area (Å²) in [6.45, 7) is 0. The molecule has 0 bridgehead atoms. The fraction of sp³-hybridized carbons (Fsp3) is 0. The van der Waals surface area contributed by atoms with Gasteiger partial charge in [-0.3, -0.25) is 10.1 Å². The lowest BCUT2D eigenvalue weighted by molar-refractivity contribution is -0.384. The molecule has 0 aromatic heterocycles. The number of amides is 4. The number of rotatable bonds is 5. The van der Waals surface area contributed by atoms with Gasteiger partial charge in [0.05, 0.1) is 16.3 Å². The number of halogens is 1. The monoisotopic (exact) mass is 519 g/mol. The van der Waals surface area contributed by atoms with Gasteiger partial charge in [0, 0.05) is 29.6 Å². The summed E-state index contributed by atoms with van der Waals surface area (Å²) >= 11 is 0. The zero-order valence-electron chi connectivity index (χ0n) is 19.6. The van der Waals surface area contributed by atoms with Gasteiger partial charge in [-0.05, 0) is 42.5 Å². The first-order valence-corrected chi connectivity index (χ1v) is 10.9. The predicted molar refractivity (Wildman–Crippen MR) is 141 cm³/mol. The second kappa shape index (κ2) is 12.9. The average Bonchev–Trinajstić information content (AvgIpc) is 2.88. The van der Waals surface area contributed by atoms with Gasteiger partial charge in [0.2, 0.25) is 0 Å². The maximum absolute atomic E-state index is 12.7. The SMILES string of the molecule is O=C(Nc1ccccc1)Nc1cc([N+](=O)[O-])ccc1O.O=C(Nc1ccccc1)Nc1ccc(F)cc1O. The number of non-ortho nitro benzene ring substituents is 1. The van der Waals surface area contributed by atoms with Crippen LogP contribution in [0, 0.1) is 15.9 Å². The number of benzene rings is 4. The Hall–Kier alpha value is -5.65. The van der Waals surface area contributed by atoms with Gasteiger partial charge < -0.3 is 31.5 Å². The summed E-state index contributed by atoms with van der Waals surface area (Å²) in [5.74, 6) is -1.14. The van der Waals surface area contributed by atoms with Gasteiger partial charge in [-0.15, -0.1) is 0 Å². The molecule has 0 aliphatic carbocycles. The Morgan fingerprint density at radius 2 is 1.18 bits per heavy atom. The lowest BCUT2D eigenvalue weighted by Gasteiger charge is -2.08. The number of nitrogens with zero attached hydrogens (tertiary/aromatic N) is 1. The number of nitrogens with one attached hydrogen (secondary N) is 4. The third-order valence-electron chi connectivity index (χ3n) is 4.71. The minimum atomic E-state index is -0.611. The van der Waals surface area contributed by atoms with Gasteiger partial charge in [0.1, 0.15) is 17.3 Å². The molecule has 11 nitrogen and oxygen atoms in total. The minimum absolute atomic E-state index is 0.0346. The van der Waals surface area contributed by atoms with Crippen molar-refractivity contribution in [1.29, 1.82) is 0 Å². The summed E-state index contributed by atoms with van der Waals surface area (Å²) in [6, 6.07) is 23.2. The molecule has 0 atom stereocenters. The maximum atomic E-state index is 12.7. The third kappa shape index (κ3) is 8.23. The van der Waals surface area contributed by atoms with Gasteiger partial charge in [0.25, 0.3) is 5.69 Å². The lowest BCUT2D eigenvalue weighted by atomic mass is 10.2. The number of hydrogen-bond acceptors (Lipinski definition) is 6. The van der Waals surface area contributed by atoms with E-state index in [4.69, 9.17) is 0 Å². The molecule has 194 valence electrons. The number of anilines is 4. The molecular formula is C26H22FN5O6. The normalized spacial score (nSPS) is 9.82. The highest BCUT2D eigenvalue weighted by atomic mass is 19.1. The quantitative estimate of drug-likeness (QED) is 0.106. The smallest absolute Gasteiger partial charge is 0.323 e. The van der Waals surface area contributed by atoms with E-state index >= 15 is 0 Å². The van der Waals surface area contributed by atoms with E-state index in [0.717, 1.165) is 30.3 Å². The predicted octanol–water partition coefficient (Wildman–Crippen LogP) is 6.12.